The Bertz CT molecular complexity index is 933. The molecular formula is C18H17ClFN5O2. The zero-order valence-electron chi connectivity index (χ0n) is 14.4. The summed E-state index contributed by atoms with van der Waals surface area (Å²) in [7, 11) is 0. The van der Waals surface area contributed by atoms with E-state index in [0.717, 1.165) is 5.56 Å². The van der Waals surface area contributed by atoms with Gasteiger partial charge in [-0.3, -0.25) is 10.7 Å². The summed E-state index contributed by atoms with van der Waals surface area (Å²) in [5.74, 6) is -0.555. The van der Waals surface area contributed by atoms with Gasteiger partial charge < -0.3 is 5.32 Å². The Morgan fingerprint density at radius 1 is 1.26 bits per heavy atom. The predicted octanol–water partition coefficient (Wildman–Crippen LogP) is 3.77. The van der Waals surface area contributed by atoms with E-state index in [4.69, 9.17) is 16.2 Å². The highest BCUT2D eigenvalue weighted by Crippen LogP contribution is 2.22. The Morgan fingerprint density at radius 2 is 2.04 bits per heavy atom. The van der Waals surface area contributed by atoms with Gasteiger partial charge in [-0.15, -0.1) is 0 Å². The van der Waals surface area contributed by atoms with Crippen molar-refractivity contribution in [2.45, 2.75) is 19.5 Å². The Labute approximate surface area is 159 Å². The first-order chi connectivity index (χ1) is 13.1. The van der Waals surface area contributed by atoms with Gasteiger partial charge in [0.15, 0.2) is 11.5 Å². The molecule has 1 aromatic heterocycles. The molecule has 0 bridgehead atoms. The molecule has 0 unspecified atom stereocenters. The first-order valence-electron chi connectivity index (χ1n) is 8.12. The van der Waals surface area contributed by atoms with Crippen LogP contribution in [-0.2, 0) is 6.54 Å². The number of amidine groups is 1. The van der Waals surface area contributed by atoms with E-state index in [-0.39, 0.29) is 22.6 Å². The number of benzene rings is 2. The van der Waals surface area contributed by atoms with Crippen LogP contribution in [0.4, 0.5) is 10.1 Å². The molecule has 0 aliphatic carbocycles. The number of aromatic nitrogens is 2. The first kappa shape index (κ1) is 19.0. The van der Waals surface area contributed by atoms with Crippen molar-refractivity contribution in [1.82, 2.24) is 21.1 Å². The zero-order valence-corrected chi connectivity index (χ0v) is 15.1. The lowest BCUT2D eigenvalue weighted by molar-refractivity contribution is 0.234. The van der Waals surface area contributed by atoms with Gasteiger partial charge in [0.2, 0.25) is 0 Å². The van der Waals surface area contributed by atoms with Gasteiger partial charge in [0.1, 0.15) is 11.5 Å². The topological polar surface area (TPSA) is 95.6 Å². The van der Waals surface area contributed by atoms with E-state index in [9.17, 15) is 9.60 Å². The molecule has 140 valence electrons. The summed E-state index contributed by atoms with van der Waals surface area (Å²) in [4.78, 5) is 4.18. The van der Waals surface area contributed by atoms with Gasteiger partial charge >= 0.3 is 0 Å². The molecular weight excluding hydrogens is 373 g/mol. The van der Waals surface area contributed by atoms with Crippen LogP contribution in [-0.4, -0.2) is 21.4 Å². The molecule has 27 heavy (non-hydrogen) atoms. The number of nitrogens with zero attached hydrogens (tertiary/aromatic N) is 3. The molecule has 0 saturated heterocycles. The van der Waals surface area contributed by atoms with Crippen molar-refractivity contribution in [2.24, 2.45) is 4.99 Å². The van der Waals surface area contributed by atoms with E-state index in [1.807, 2.05) is 42.7 Å². The Balaban J connectivity index is 1.77. The number of hydroxylamine groups is 1. The smallest absolute Gasteiger partial charge is 0.182 e. The molecule has 0 spiro atoms. The van der Waals surface area contributed by atoms with Gasteiger partial charge in [0.25, 0.3) is 0 Å². The molecule has 9 heteroatoms. The van der Waals surface area contributed by atoms with Crippen LogP contribution in [0.2, 0.25) is 5.02 Å². The van der Waals surface area contributed by atoms with Gasteiger partial charge in [-0.1, -0.05) is 47.1 Å². The molecule has 0 fully saturated rings. The summed E-state index contributed by atoms with van der Waals surface area (Å²) >= 11 is 5.76. The molecule has 3 rings (SSSR count). The molecule has 1 atom stereocenters. The molecule has 3 aromatic rings. The van der Waals surface area contributed by atoms with Crippen LogP contribution in [0.15, 0.2) is 58.2 Å². The monoisotopic (exact) mass is 389 g/mol. The summed E-state index contributed by atoms with van der Waals surface area (Å²) in [5, 5.41) is 20.3. The van der Waals surface area contributed by atoms with E-state index in [2.05, 4.69) is 20.6 Å². The Hall–Kier alpha value is -2.81. The summed E-state index contributed by atoms with van der Waals surface area (Å²) < 4.78 is 18.1. The second-order valence-electron chi connectivity index (χ2n) is 5.74. The normalized spacial score (nSPS) is 12.8. The number of hydrogen-bond acceptors (Lipinski definition) is 6. The number of aliphatic imine (C=N–C) groups is 1. The highest BCUT2D eigenvalue weighted by molar-refractivity contribution is 6.31. The summed E-state index contributed by atoms with van der Waals surface area (Å²) in [6.07, 6.45) is 0. The standard InChI is InChI=1S/C18H17ClFN5O2/c1-11(12-5-3-2-4-6-12)21-10-16-17(25-27-24-16)18(23-26)22-13-7-8-15(20)14(19)9-13/h2-9,11,21,26H,10H2,1H3,(H,22,23)/t11-/m1/s1. The number of nitrogens with one attached hydrogen (secondary N) is 2. The van der Waals surface area contributed by atoms with E-state index in [1.165, 1.54) is 18.2 Å². The van der Waals surface area contributed by atoms with Crippen molar-refractivity contribution >= 4 is 23.1 Å². The summed E-state index contributed by atoms with van der Waals surface area (Å²) in [5.41, 5.74) is 4.09. The molecule has 3 N–H and O–H groups in total. The van der Waals surface area contributed by atoms with Gasteiger partial charge in [-0.2, -0.15) is 0 Å². The van der Waals surface area contributed by atoms with E-state index >= 15 is 0 Å². The Kier molecular flexibility index (Phi) is 6.12. The fraction of sp³-hybridized carbons (Fsp3) is 0.167. The maximum absolute atomic E-state index is 13.3. The quantitative estimate of drug-likeness (QED) is 0.337. The molecule has 0 amide bonds. The van der Waals surface area contributed by atoms with E-state index in [0.29, 0.717) is 17.9 Å². The predicted molar refractivity (Wildman–Crippen MR) is 98.5 cm³/mol. The lowest BCUT2D eigenvalue weighted by Crippen LogP contribution is -2.25. The van der Waals surface area contributed by atoms with E-state index in [1.54, 1.807) is 0 Å². The molecule has 0 aliphatic heterocycles. The summed E-state index contributed by atoms with van der Waals surface area (Å²) in [6, 6.07) is 13.9. The van der Waals surface area contributed by atoms with E-state index < -0.39 is 5.82 Å². The maximum atomic E-state index is 13.3. The average Bonchev–Trinajstić information content (AvgIpc) is 3.16. The first-order valence-corrected chi connectivity index (χ1v) is 8.50. The minimum absolute atomic E-state index is 0.00286. The number of hydrogen-bond donors (Lipinski definition) is 3. The highest BCUT2D eigenvalue weighted by Gasteiger charge is 2.17. The van der Waals surface area contributed by atoms with Crippen LogP contribution in [0.3, 0.4) is 0 Å². The van der Waals surface area contributed by atoms with Crippen LogP contribution in [0.5, 0.6) is 0 Å². The molecule has 1 heterocycles. The molecule has 2 aromatic carbocycles. The van der Waals surface area contributed by atoms with Crippen LogP contribution >= 0.6 is 11.6 Å². The molecule has 0 radical (unpaired) electrons. The minimum Gasteiger partial charge on any atom is -0.304 e. The van der Waals surface area contributed by atoms with Crippen molar-refractivity contribution in [2.75, 3.05) is 0 Å². The van der Waals surface area contributed by atoms with Crippen molar-refractivity contribution in [3.63, 3.8) is 0 Å². The van der Waals surface area contributed by atoms with Crippen molar-refractivity contribution in [3.8, 4) is 0 Å². The van der Waals surface area contributed by atoms with Crippen molar-refractivity contribution < 1.29 is 14.2 Å². The third-order valence-corrected chi connectivity index (χ3v) is 4.20. The third-order valence-electron chi connectivity index (χ3n) is 3.91. The van der Waals surface area contributed by atoms with Gasteiger partial charge in [-0.25, -0.2) is 14.0 Å². The van der Waals surface area contributed by atoms with Gasteiger partial charge in [-0.05, 0) is 35.8 Å². The van der Waals surface area contributed by atoms with Gasteiger partial charge in [0, 0.05) is 12.6 Å². The van der Waals surface area contributed by atoms with Gasteiger partial charge in [0.05, 0.1) is 10.7 Å². The van der Waals surface area contributed by atoms with Crippen LogP contribution in [0, 0.1) is 5.82 Å². The minimum atomic E-state index is -0.558. The fourth-order valence-electron chi connectivity index (χ4n) is 2.43. The molecule has 7 nitrogen and oxygen atoms in total. The lowest BCUT2D eigenvalue weighted by Gasteiger charge is -2.13. The SMILES string of the molecule is C[C@@H](NCc1nonc1C(=Nc1ccc(F)c(Cl)c1)NO)c1ccccc1. The third kappa shape index (κ3) is 4.68. The average molecular weight is 390 g/mol. The van der Waals surface area contributed by atoms with Crippen molar-refractivity contribution in [3.05, 3.63) is 76.3 Å². The number of rotatable bonds is 6. The second kappa shape index (κ2) is 8.72. The fourth-order valence-corrected chi connectivity index (χ4v) is 2.60. The second-order valence-corrected chi connectivity index (χ2v) is 6.15. The lowest BCUT2D eigenvalue weighted by atomic mass is 10.1. The van der Waals surface area contributed by atoms with Crippen LogP contribution in [0.1, 0.15) is 29.9 Å². The largest absolute Gasteiger partial charge is 0.304 e. The maximum Gasteiger partial charge on any atom is 0.182 e. The van der Waals surface area contributed by atoms with Crippen LogP contribution < -0.4 is 10.8 Å². The number of halogens is 2. The summed E-state index contributed by atoms with van der Waals surface area (Å²) in [6.45, 7) is 2.35. The highest BCUT2D eigenvalue weighted by atomic mass is 35.5. The van der Waals surface area contributed by atoms with Crippen LogP contribution in [0.25, 0.3) is 0 Å². The zero-order chi connectivity index (χ0) is 19.2. The molecule has 0 saturated carbocycles. The van der Waals surface area contributed by atoms with Crippen molar-refractivity contribution in [1.29, 1.82) is 0 Å². The Morgan fingerprint density at radius 3 is 2.74 bits per heavy atom. The molecule has 0 aliphatic rings.